The Hall–Kier alpha value is -2.27. The van der Waals surface area contributed by atoms with Crippen LogP contribution in [0.5, 0.6) is 5.88 Å². The number of amides is 1. The van der Waals surface area contributed by atoms with Gasteiger partial charge in [-0.3, -0.25) is 14.6 Å². The normalized spacial score (nSPS) is 10.1. The molecule has 1 aromatic carbocycles. The number of aromatic nitrogens is 1. The molecular weight excluding hydrogens is 256 g/mol. The molecule has 3 N–H and O–H groups in total. The molecule has 2 aromatic rings. The fourth-order valence-electron chi connectivity index (χ4n) is 1.40. The number of rotatable bonds is 2. The second kappa shape index (κ2) is 4.93. The van der Waals surface area contributed by atoms with Crippen molar-refractivity contribution in [3.63, 3.8) is 0 Å². The lowest BCUT2D eigenvalue weighted by Gasteiger charge is -2.05. The third-order valence-electron chi connectivity index (χ3n) is 2.19. The molecule has 92 valence electrons. The summed E-state index contributed by atoms with van der Waals surface area (Å²) in [5.74, 6) is -0.845. The van der Waals surface area contributed by atoms with Crippen LogP contribution >= 0.6 is 11.6 Å². The first-order valence-corrected chi connectivity index (χ1v) is 5.42. The lowest BCUT2D eigenvalue weighted by molar-refractivity contribution is 0.102. The van der Waals surface area contributed by atoms with E-state index in [0.717, 1.165) is 6.07 Å². The van der Waals surface area contributed by atoms with Crippen LogP contribution < -0.4 is 10.9 Å². The summed E-state index contributed by atoms with van der Waals surface area (Å²) in [6.07, 6.45) is 0. The largest absolute Gasteiger partial charge is 0.494 e. The quantitative estimate of drug-likeness (QED) is 0.776. The smallest absolute Gasteiger partial charge is 0.256 e. The highest BCUT2D eigenvalue weighted by atomic mass is 35.5. The number of carbonyl (C=O) groups is 1. The van der Waals surface area contributed by atoms with Gasteiger partial charge in [0.2, 0.25) is 0 Å². The van der Waals surface area contributed by atoms with E-state index in [9.17, 15) is 14.7 Å². The summed E-state index contributed by atoms with van der Waals surface area (Å²) in [5.41, 5.74) is 0.0756. The number of aromatic hydroxyl groups is 1. The number of anilines is 1. The van der Waals surface area contributed by atoms with Crippen LogP contribution in [0.1, 0.15) is 10.4 Å². The zero-order valence-corrected chi connectivity index (χ0v) is 9.86. The SMILES string of the molecule is O=C(Nc1ccc(Cl)cc1)c1cc(O)[nH]c(=O)c1. The number of H-pyrrole nitrogens is 1. The summed E-state index contributed by atoms with van der Waals surface area (Å²) in [6.45, 7) is 0. The highest BCUT2D eigenvalue weighted by molar-refractivity contribution is 6.30. The number of pyridine rings is 1. The van der Waals surface area contributed by atoms with Crippen molar-refractivity contribution in [1.29, 1.82) is 0 Å². The summed E-state index contributed by atoms with van der Waals surface area (Å²) in [6, 6.07) is 8.80. The standard InChI is InChI=1S/C12H9ClN2O3/c13-8-1-3-9(4-2-8)14-12(18)7-5-10(16)15-11(17)6-7/h1-6H,(H,14,18)(H2,15,16,17). The fourth-order valence-corrected chi connectivity index (χ4v) is 1.52. The van der Waals surface area contributed by atoms with E-state index in [1.54, 1.807) is 24.3 Å². The fraction of sp³-hybridized carbons (Fsp3) is 0. The predicted molar refractivity (Wildman–Crippen MR) is 68.1 cm³/mol. The van der Waals surface area contributed by atoms with Gasteiger partial charge in [0, 0.05) is 22.8 Å². The van der Waals surface area contributed by atoms with Gasteiger partial charge in [-0.15, -0.1) is 0 Å². The zero-order chi connectivity index (χ0) is 13.1. The molecule has 0 spiro atoms. The maximum Gasteiger partial charge on any atom is 0.256 e. The van der Waals surface area contributed by atoms with Gasteiger partial charge in [-0.1, -0.05) is 11.6 Å². The number of benzene rings is 1. The summed E-state index contributed by atoms with van der Waals surface area (Å²) in [5, 5.41) is 12.3. The van der Waals surface area contributed by atoms with Crippen LogP contribution in [0.3, 0.4) is 0 Å². The third-order valence-corrected chi connectivity index (χ3v) is 2.45. The van der Waals surface area contributed by atoms with Gasteiger partial charge in [-0.2, -0.15) is 0 Å². The first-order chi connectivity index (χ1) is 8.54. The van der Waals surface area contributed by atoms with Crippen molar-refractivity contribution in [2.24, 2.45) is 0 Å². The number of nitrogens with one attached hydrogen (secondary N) is 2. The van der Waals surface area contributed by atoms with E-state index in [1.165, 1.54) is 6.07 Å². The number of aromatic amines is 1. The van der Waals surface area contributed by atoms with Crippen molar-refractivity contribution in [3.05, 3.63) is 57.3 Å². The van der Waals surface area contributed by atoms with E-state index in [-0.39, 0.29) is 11.4 Å². The van der Waals surface area contributed by atoms with Crippen molar-refractivity contribution in [2.45, 2.75) is 0 Å². The zero-order valence-electron chi connectivity index (χ0n) is 9.11. The van der Waals surface area contributed by atoms with Gasteiger partial charge >= 0.3 is 0 Å². The van der Waals surface area contributed by atoms with Gasteiger partial charge in [0.15, 0.2) is 5.88 Å². The van der Waals surface area contributed by atoms with Crippen LogP contribution in [0, 0.1) is 0 Å². The van der Waals surface area contributed by atoms with Crippen LogP contribution in [-0.2, 0) is 0 Å². The Balaban J connectivity index is 2.21. The summed E-state index contributed by atoms with van der Waals surface area (Å²) < 4.78 is 0. The third kappa shape index (κ3) is 2.89. The van der Waals surface area contributed by atoms with Crippen molar-refractivity contribution in [2.75, 3.05) is 5.32 Å². The lowest BCUT2D eigenvalue weighted by Crippen LogP contribution is -2.15. The molecular formula is C12H9ClN2O3. The second-order valence-electron chi connectivity index (χ2n) is 3.58. The Labute approximate surface area is 107 Å². The van der Waals surface area contributed by atoms with Gasteiger partial charge < -0.3 is 10.4 Å². The minimum absolute atomic E-state index is 0.0752. The molecule has 0 saturated heterocycles. The van der Waals surface area contributed by atoms with Gasteiger partial charge in [0.1, 0.15) is 0 Å². The Morgan fingerprint density at radius 3 is 2.50 bits per heavy atom. The van der Waals surface area contributed by atoms with Crippen molar-refractivity contribution in [3.8, 4) is 5.88 Å². The highest BCUT2D eigenvalue weighted by Crippen LogP contribution is 2.14. The average molecular weight is 265 g/mol. The van der Waals surface area contributed by atoms with E-state index >= 15 is 0 Å². The first-order valence-electron chi connectivity index (χ1n) is 5.05. The van der Waals surface area contributed by atoms with Crippen molar-refractivity contribution in [1.82, 2.24) is 4.98 Å². The van der Waals surface area contributed by atoms with E-state index < -0.39 is 11.5 Å². The van der Waals surface area contributed by atoms with Crippen LogP contribution in [0.25, 0.3) is 0 Å². The topological polar surface area (TPSA) is 82.2 Å². The van der Waals surface area contributed by atoms with Crippen molar-refractivity contribution < 1.29 is 9.90 Å². The molecule has 6 heteroatoms. The second-order valence-corrected chi connectivity index (χ2v) is 4.02. The van der Waals surface area contributed by atoms with E-state index in [1.807, 2.05) is 0 Å². The molecule has 1 amide bonds. The molecule has 0 aliphatic heterocycles. The maximum absolute atomic E-state index is 11.8. The van der Waals surface area contributed by atoms with Gasteiger partial charge in [0.05, 0.1) is 5.56 Å². The van der Waals surface area contributed by atoms with Crippen LogP contribution in [0.4, 0.5) is 5.69 Å². The average Bonchev–Trinajstić information content (AvgIpc) is 2.31. The van der Waals surface area contributed by atoms with E-state index in [0.29, 0.717) is 10.7 Å². The summed E-state index contributed by atoms with van der Waals surface area (Å²) >= 11 is 5.72. The molecule has 18 heavy (non-hydrogen) atoms. The summed E-state index contributed by atoms with van der Waals surface area (Å²) in [4.78, 5) is 25.0. The molecule has 0 bridgehead atoms. The molecule has 0 atom stereocenters. The number of hydrogen-bond acceptors (Lipinski definition) is 3. The maximum atomic E-state index is 11.8. The van der Waals surface area contributed by atoms with Crippen molar-refractivity contribution >= 4 is 23.2 Å². The van der Waals surface area contributed by atoms with Crippen LogP contribution in [-0.4, -0.2) is 16.0 Å². The molecule has 0 unspecified atom stereocenters. The Morgan fingerprint density at radius 2 is 1.89 bits per heavy atom. The molecule has 1 aromatic heterocycles. The minimum Gasteiger partial charge on any atom is -0.494 e. The number of hydrogen-bond donors (Lipinski definition) is 3. The summed E-state index contributed by atoms with van der Waals surface area (Å²) in [7, 11) is 0. The van der Waals surface area contributed by atoms with Gasteiger partial charge in [-0.25, -0.2) is 0 Å². The van der Waals surface area contributed by atoms with Gasteiger partial charge in [0.25, 0.3) is 11.5 Å². The van der Waals surface area contributed by atoms with Crippen LogP contribution in [0.2, 0.25) is 5.02 Å². The molecule has 0 saturated carbocycles. The van der Waals surface area contributed by atoms with Gasteiger partial charge in [-0.05, 0) is 24.3 Å². The molecule has 5 nitrogen and oxygen atoms in total. The Kier molecular flexibility index (Phi) is 3.34. The first kappa shape index (κ1) is 12.2. The molecule has 1 heterocycles. The number of halogens is 1. The lowest BCUT2D eigenvalue weighted by atomic mass is 10.2. The number of carbonyl (C=O) groups excluding carboxylic acids is 1. The Bertz CT molecular complexity index is 635. The predicted octanol–water partition coefficient (Wildman–Crippen LogP) is 1.99. The molecule has 2 rings (SSSR count). The molecule has 0 radical (unpaired) electrons. The minimum atomic E-state index is -0.545. The van der Waals surface area contributed by atoms with Crippen LogP contribution in [0.15, 0.2) is 41.2 Å². The molecule has 0 aliphatic rings. The monoisotopic (exact) mass is 264 g/mol. The van der Waals surface area contributed by atoms with E-state index in [2.05, 4.69) is 10.3 Å². The highest BCUT2D eigenvalue weighted by Gasteiger charge is 2.08. The Morgan fingerprint density at radius 1 is 1.22 bits per heavy atom. The van der Waals surface area contributed by atoms with E-state index in [4.69, 9.17) is 11.6 Å². The molecule has 0 aliphatic carbocycles. The molecule has 0 fully saturated rings.